The molecule has 90 valence electrons. The van der Waals surface area contributed by atoms with E-state index in [4.69, 9.17) is 4.52 Å². The van der Waals surface area contributed by atoms with Crippen LogP contribution in [0.4, 0.5) is 0 Å². The van der Waals surface area contributed by atoms with E-state index in [1.165, 1.54) is 7.11 Å². The van der Waals surface area contributed by atoms with Crippen molar-refractivity contribution < 1.29 is 14.1 Å². The Bertz CT molecular complexity index is 639. The summed E-state index contributed by atoms with van der Waals surface area (Å²) in [6, 6.07) is 1.66. The standard InChI is InChI=1S/C11H12N2O4/c1-6-4-9-12-7(2)8(5-10(14)16-3)11(15)13(9)17-6/h4H,5H2,1-3H3. The van der Waals surface area contributed by atoms with Gasteiger partial charge in [0.1, 0.15) is 5.76 Å². The lowest BCUT2D eigenvalue weighted by molar-refractivity contribution is -0.139. The molecule has 17 heavy (non-hydrogen) atoms. The van der Waals surface area contributed by atoms with E-state index in [9.17, 15) is 9.59 Å². The highest BCUT2D eigenvalue weighted by molar-refractivity contribution is 5.72. The van der Waals surface area contributed by atoms with E-state index in [1.54, 1.807) is 19.9 Å². The summed E-state index contributed by atoms with van der Waals surface area (Å²) >= 11 is 0. The summed E-state index contributed by atoms with van der Waals surface area (Å²) in [5, 5.41) is 0. The first-order valence-electron chi connectivity index (χ1n) is 5.09. The summed E-state index contributed by atoms with van der Waals surface area (Å²) in [5.74, 6) is 0.111. The van der Waals surface area contributed by atoms with Crippen LogP contribution >= 0.6 is 0 Å². The Kier molecular flexibility index (Phi) is 2.71. The van der Waals surface area contributed by atoms with E-state index in [2.05, 4.69) is 9.72 Å². The number of ether oxygens (including phenoxy) is 1. The number of rotatable bonds is 2. The second-order valence-electron chi connectivity index (χ2n) is 3.73. The molecule has 0 amide bonds. The first-order chi connectivity index (χ1) is 8.02. The number of fused-ring (bicyclic) bond motifs is 1. The zero-order valence-corrected chi connectivity index (χ0v) is 9.81. The molecule has 0 N–H and O–H groups in total. The van der Waals surface area contributed by atoms with Gasteiger partial charge in [-0.15, -0.1) is 4.57 Å². The van der Waals surface area contributed by atoms with Crippen LogP contribution in [-0.2, 0) is 16.0 Å². The van der Waals surface area contributed by atoms with Gasteiger partial charge in [0.25, 0.3) is 5.56 Å². The van der Waals surface area contributed by atoms with Crippen molar-refractivity contribution in [3.05, 3.63) is 33.4 Å². The lowest BCUT2D eigenvalue weighted by Crippen LogP contribution is -2.23. The van der Waals surface area contributed by atoms with Crippen molar-refractivity contribution in [1.82, 2.24) is 9.56 Å². The minimum Gasteiger partial charge on any atom is -0.469 e. The molecule has 0 unspecified atom stereocenters. The summed E-state index contributed by atoms with van der Waals surface area (Å²) in [4.78, 5) is 27.4. The van der Waals surface area contributed by atoms with Gasteiger partial charge >= 0.3 is 5.97 Å². The molecule has 0 aliphatic heterocycles. The number of hydrogen-bond donors (Lipinski definition) is 0. The van der Waals surface area contributed by atoms with E-state index in [1.807, 2.05) is 0 Å². The number of aromatic nitrogens is 2. The van der Waals surface area contributed by atoms with E-state index in [0.717, 1.165) is 4.57 Å². The van der Waals surface area contributed by atoms with E-state index in [0.29, 0.717) is 22.7 Å². The molecular formula is C11H12N2O4. The number of aryl methyl sites for hydroxylation is 2. The Labute approximate surface area is 96.8 Å². The van der Waals surface area contributed by atoms with E-state index in [-0.39, 0.29) is 12.0 Å². The molecular weight excluding hydrogens is 224 g/mol. The zero-order chi connectivity index (χ0) is 12.6. The third-order valence-corrected chi connectivity index (χ3v) is 2.49. The molecule has 2 heterocycles. The van der Waals surface area contributed by atoms with Crippen LogP contribution in [0.15, 0.2) is 15.4 Å². The average molecular weight is 236 g/mol. The van der Waals surface area contributed by atoms with Crippen LogP contribution < -0.4 is 5.56 Å². The van der Waals surface area contributed by atoms with Crippen molar-refractivity contribution in [1.29, 1.82) is 0 Å². The fourth-order valence-electron chi connectivity index (χ4n) is 1.62. The van der Waals surface area contributed by atoms with Gasteiger partial charge in [-0.1, -0.05) is 0 Å². The van der Waals surface area contributed by atoms with Crippen LogP contribution in [0.2, 0.25) is 0 Å². The fraction of sp³-hybridized carbons (Fsp3) is 0.364. The minimum absolute atomic E-state index is 0.100. The van der Waals surface area contributed by atoms with Gasteiger partial charge in [0.2, 0.25) is 0 Å². The van der Waals surface area contributed by atoms with Crippen LogP contribution in [0.1, 0.15) is 17.0 Å². The molecule has 0 aliphatic rings. The molecule has 0 bridgehead atoms. The predicted octanol–water partition coefficient (Wildman–Crippen LogP) is 0.620. The Balaban J connectivity index is 2.63. The van der Waals surface area contributed by atoms with Crippen LogP contribution in [0, 0.1) is 13.8 Å². The van der Waals surface area contributed by atoms with Crippen molar-refractivity contribution >= 4 is 11.6 Å². The summed E-state index contributed by atoms with van der Waals surface area (Å²) in [5.41, 5.74) is 0.884. The largest absolute Gasteiger partial charge is 0.469 e. The fourth-order valence-corrected chi connectivity index (χ4v) is 1.62. The van der Waals surface area contributed by atoms with Crippen LogP contribution in [0.5, 0.6) is 0 Å². The normalized spacial score (nSPS) is 10.8. The second-order valence-corrected chi connectivity index (χ2v) is 3.73. The molecule has 0 fully saturated rings. The molecule has 6 heteroatoms. The van der Waals surface area contributed by atoms with Gasteiger partial charge in [-0.2, -0.15) is 0 Å². The molecule has 0 spiro atoms. The number of carbonyl (C=O) groups excluding carboxylic acids is 1. The summed E-state index contributed by atoms with van der Waals surface area (Å²) < 4.78 is 10.8. The maximum atomic E-state index is 12.0. The van der Waals surface area contributed by atoms with Crippen molar-refractivity contribution in [2.45, 2.75) is 20.3 Å². The first-order valence-corrected chi connectivity index (χ1v) is 5.09. The number of esters is 1. The van der Waals surface area contributed by atoms with Crippen molar-refractivity contribution in [3.63, 3.8) is 0 Å². The molecule has 2 aromatic heterocycles. The Morgan fingerprint density at radius 3 is 2.88 bits per heavy atom. The number of carbonyl (C=O) groups is 1. The van der Waals surface area contributed by atoms with Gasteiger partial charge in [-0.25, -0.2) is 4.98 Å². The minimum atomic E-state index is -0.477. The first kappa shape index (κ1) is 11.4. The van der Waals surface area contributed by atoms with Crippen LogP contribution in [0.3, 0.4) is 0 Å². The Morgan fingerprint density at radius 2 is 2.24 bits per heavy atom. The molecule has 2 rings (SSSR count). The average Bonchev–Trinajstić information content (AvgIpc) is 2.64. The number of hydrogen-bond acceptors (Lipinski definition) is 5. The van der Waals surface area contributed by atoms with Crippen LogP contribution in [-0.4, -0.2) is 22.6 Å². The molecule has 0 saturated carbocycles. The van der Waals surface area contributed by atoms with Gasteiger partial charge in [-0.05, 0) is 13.8 Å². The Morgan fingerprint density at radius 1 is 1.53 bits per heavy atom. The zero-order valence-electron chi connectivity index (χ0n) is 9.81. The topological polar surface area (TPSA) is 73.8 Å². The summed E-state index contributed by atoms with van der Waals surface area (Å²) in [7, 11) is 1.28. The van der Waals surface area contributed by atoms with Crippen molar-refractivity contribution in [2.75, 3.05) is 7.11 Å². The maximum absolute atomic E-state index is 12.0. The predicted molar refractivity (Wildman–Crippen MR) is 58.9 cm³/mol. The van der Waals surface area contributed by atoms with Gasteiger partial charge in [0.15, 0.2) is 5.65 Å². The third-order valence-electron chi connectivity index (χ3n) is 2.49. The van der Waals surface area contributed by atoms with E-state index >= 15 is 0 Å². The number of nitrogens with zero attached hydrogens (tertiary/aromatic N) is 2. The molecule has 0 radical (unpaired) electrons. The highest BCUT2D eigenvalue weighted by Gasteiger charge is 2.15. The molecule has 0 aliphatic carbocycles. The molecule has 0 aromatic carbocycles. The SMILES string of the molecule is COC(=O)Cc1c(C)nc2cc(C)on2c1=O. The highest BCUT2D eigenvalue weighted by atomic mass is 16.5. The molecule has 0 atom stereocenters. The highest BCUT2D eigenvalue weighted by Crippen LogP contribution is 2.08. The molecule has 2 aromatic rings. The quantitative estimate of drug-likeness (QED) is 0.714. The monoisotopic (exact) mass is 236 g/mol. The van der Waals surface area contributed by atoms with Gasteiger partial charge in [0.05, 0.1) is 19.1 Å². The molecule has 6 nitrogen and oxygen atoms in total. The van der Waals surface area contributed by atoms with Gasteiger partial charge < -0.3 is 9.26 Å². The van der Waals surface area contributed by atoms with Crippen molar-refractivity contribution in [2.24, 2.45) is 0 Å². The van der Waals surface area contributed by atoms with Crippen molar-refractivity contribution in [3.8, 4) is 0 Å². The lowest BCUT2D eigenvalue weighted by atomic mass is 10.2. The Hall–Kier alpha value is -2.11. The summed E-state index contributed by atoms with van der Waals surface area (Å²) in [6.45, 7) is 3.41. The van der Waals surface area contributed by atoms with Gasteiger partial charge in [-0.3, -0.25) is 9.59 Å². The molecule has 0 saturated heterocycles. The van der Waals surface area contributed by atoms with Gasteiger partial charge in [0, 0.05) is 11.8 Å². The third kappa shape index (κ3) is 1.93. The van der Waals surface area contributed by atoms with E-state index < -0.39 is 5.97 Å². The summed E-state index contributed by atoms with van der Waals surface area (Å²) in [6.07, 6.45) is -0.100. The lowest BCUT2D eigenvalue weighted by Gasteiger charge is -2.03. The van der Waals surface area contributed by atoms with Crippen LogP contribution in [0.25, 0.3) is 5.65 Å². The smallest absolute Gasteiger partial charge is 0.310 e. The second kappa shape index (κ2) is 4.04. The maximum Gasteiger partial charge on any atom is 0.310 e. The number of methoxy groups -OCH3 is 1.